The van der Waals surface area contributed by atoms with Crippen molar-refractivity contribution < 1.29 is 4.42 Å². The van der Waals surface area contributed by atoms with Gasteiger partial charge in [-0.15, -0.1) is 0 Å². The number of hydrogen-bond donors (Lipinski definition) is 1. The van der Waals surface area contributed by atoms with E-state index in [-0.39, 0.29) is 5.41 Å². The van der Waals surface area contributed by atoms with Crippen molar-refractivity contribution in [1.82, 2.24) is 9.97 Å². The van der Waals surface area contributed by atoms with Crippen LogP contribution in [-0.4, -0.2) is 9.97 Å². The Kier molecular flexibility index (Phi) is 5.40. The first-order chi connectivity index (χ1) is 16.3. The van der Waals surface area contributed by atoms with Crippen LogP contribution >= 0.6 is 0 Å². The smallest absolute Gasteiger partial charge is 0.157 e. The first kappa shape index (κ1) is 21.8. The van der Waals surface area contributed by atoms with Crippen LogP contribution < -0.4 is 10.8 Å². The van der Waals surface area contributed by atoms with Gasteiger partial charge in [-0.2, -0.15) is 5.10 Å². The van der Waals surface area contributed by atoms with Crippen LogP contribution in [0.15, 0.2) is 82.6 Å². The zero-order chi connectivity index (χ0) is 23.9. The number of rotatable bonds is 3. The first-order valence-corrected chi connectivity index (χ1v) is 11.4. The molecule has 0 fully saturated rings. The predicted molar refractivity (Wildman–Crippen MR) is 139 cm³/mol. The van der Waals surface area contributed by atoms with E-state index in [1.807, 2.05) is 30.3 Å². The minimum Gasteiger partial charge on any atom is -0.456 e. The fourth-order valence-corrected chi connectivity index (χ4v) is 4.25. The van der Waals surface area contributed by atoms with Gasteiger partial charge in [-0.25, -0.2) is 9.97 Å². The van der Waals surface area contributed by atoms with Crippen molar-refractivity contribution in [3.63, 3.8) is 0 Å². The monoisotopic (exact) mass is 448 g/mol. The van der Waals surface area contributed by atoms with Crippen LogP contribution in [0, 0.1) is 13.8 Å². The highest BCUT2D eigenvalue weighted by Gasteiger charge is 2.14. The van der Waals surface area contributed by atoms with Gasteiger partial charge in [-0.05, 0) is 54.2 Å². The molecule has 0 aliphatic heterocycles. The number of anilines is 1. The summed E-state index contributed by atoms with van der Waals surface area (Å²) in [5, 5.41) is 7.49. The summed E-state index contributed by atoms with van der Waals surface area (Å²) in [4.78, 5) is 8.75. The van der Waals surface area contributed by atoms with Gasteiger partial charge < -0.3 is 4.42 Å². The van der Waals surface area contributed by atoms with Crippen LogP contribution in [0.1, 0.15) is 37.5 Å². The Labute approximate surface area is 199 Å². The van der Waals surface area contributed by atoms with E-state index in [9.17, 15) is 0 Å². The third kappa shape index (κ3) is 4.17. The molecule has 0 aliphatic rings. The number of aryl methyl sites for hydroxylation is 2. The number of benzene rings is 3. The molecule has 0 unspecified atom stereocenters. The molecule has 0 aliphatic carbocycles. The highest BCUT2D eigenvalue weighted by molar-refractivity contribution is 5.88. The van der Waals surface area contributed by atoms with Gasteiger partial charge in [0.15, 0.2) is 5.82 Å². The second-order valence-corrected chi connectivity index (χ2v) is 9.74. The van der Waals surface area contributed by atoms with Crippen molar-refractivity contribution in [3.8, 4) is 11.3 Å². The summed E-state index contributed by atoms with van der Waals surface area (Å²) in [5.74, 6) is 1.44. The highest BCUT2D eigenvalue weighted by Crippen LogP contribution is 2.28. The molecule has 0 bridgehead atoms. The minimum atomic E-state index is 0.0952. The van der Waals surface area contributed by atoms with Gasteiger partial charge in [0.05, 0.1) is 10.9 Å². The third-order valence-corrected chi connectivity index (χ3v) is 6.05. The van der Waals surface area contributed by atoms with E-state index in [4.69, 9.17) is 9.52 Å². The van der Waals surface area contributed by atoms with Crippen LogP contribution in [0.2, 0.25) is 0 Å². The van der Waals surface area contributed by atoms with Crippen LogP contribution in [0.25, 0.3) is 33.2 Å². The van der Waals surface area contributed by atoms with Crippen molar-refractivity contribution in [2.75, 3.05) is 5.43 Å². The molecule has 0 spiro atoms. The minimum absolute atomic E-state index is 0.0952. The molecule has 2 heterocycles. The van der Waals surface area contributed by atoms with Crippen LogP contribution in [0.5, 0.6) is 0 Å². The molecule has 0 radical (unpaired) electrons. The molecule has 0 saturated heterocycles. The van der Waals surface area contributed by atoms with Crippen LogP contribution in [0.4, 0.5) is 5.82 Å². The largest absolute Gasteiger partial charge is 0.456 e. The van der Waals surface area contributed by atoms with Gasteiger partial charge in [-0.3, -0.25) is 5.43 Å². The Hall–Kier alpha value is -3.99. The van der Waals surface area contributed by atoms with Crippen LogP contribution in [0.3, 0.4) is 0 Å². The van der Waals surface area contributed by atoms with E-state index in [1.54, 1.807) is 6.33 Å². The van der Waals surface area contributed by atoms with Gasteiger partial charge in [0.2, 0.25) is 0 Å². The number of nitrogens with one attached hydrogen (secondary N) is 1. The summed E-state index contributed by atoms with van der Waals surface area (Å²) in [6, 6.07) is 22.7. The van der Waals surface area contributed by atoms with E-state index in [0.29, 0.717) is 5.82 Å². The lowest BCUT2D eigenvalue weighted by molar-refractivity contribution is 0.589. The Morgan fingerprint density at radius 2 is 1.65 bits per heavy atom. The van der Waals surface area contributed by atoms with Crippen molar-refractivity contribution in [2.45, 2.75) is 40.0 Å². The van der Waals surface area contributed by atoms with Crippen molar-refractivity contribution in [1.29, 1.82) is 0 Å². The number of hydrogen-bond acceptors (Lipinski definition) is 5. The Morgan fingerprint density at radius 1 is 0.882 bits per heavy atom. The number of aromatic nitrogens is 2. The lowest BCUT2D eigenvalue weighted by Crippen LogP contribution is -2.11. The van der Waals surface area contributed by atoms with E-state index < -0.39 is 0 Å². The third-order valence-electron chi connectivity index (χ3n) is 6.05. The first-order valence-electron chi connectivity index (χ1n) is 11.4. The van der Waals surface area contributed by atoms with Gasteiger partial charge in [0.1, 0.15) is 17.7 Å². The van der Waals surface area contributed by atoms with Gasteiger partial charge >= 0.3 is 0 Å². The number of para-hydroxylation sites is 1. The molecule has 1 N–H and O–H groups in total. The predicted octanol–water partition coefficient (Wildman–Crippen LogP) is 6.89. The lowest BCUT2D eigenvalue weighted by Gasteiger charge is -2.19. The molecular formula is C29H28N4O. The van der Waals surface area contributed by atoms with E-state index in [1.165, 1.54) is 5.56 Å². The van der Waals surface area contributed by atoms with E-state index >= 15 is 0 Å². The average molecular weight is 449 g/mol. The quantitative estimate of drug-likeness (QED) is 0.305. The molecule has 5 aromatic rings. The molecule has 0 atom stereocenters. The SMILES string of the molecule is Cc1cc(C)c2/c(=N/Nc3ncnc4ccccc34)cc(-c3ccc(C(C)(C)C)cc3)oc2c1. The summed E-state index contributed by atoms with van der Waals surface area (Å²) >= 11 is 0. The zero-order valence-electron chi connectivity index (χ0n) is 20.2. The summed E-state index contributed by atoms with van der Waals surface area (Å²) in [6.45, 7) is 10.8. The summed E-state index contributed by atoms with van der Waals surface area (Å²) in [6.07, 6.45) is 1.55. The van der Waals surface area contributed by atoms with Gasteiger partial charge in [0.25, 0.3) is 0 Å². The molecule has 170 valence electrons. The van der Waals surface area contributed by atoms with Gasteiger partial charge in [0, 0.05) is 22.4 Å². The Morgan fingerprint density at radius 3 is 2.41 bits per heavy atom. The maximum atomic E-state index is 6.38. The maximum absolute atomic E-state index is 6.38. The van der Waals surface area contributed by atoms with Crippen molar-refractivity contribution in [3.05, 3.63) is 95.1 Å². The van der Waals surface area contributed by atoms with Gasteiger partial charge in [-0.1, -0.05) is 63.2 Å². The molecule has 5 rings (SSSR count). The van der Waals surface area contributed by atoms with E-state index in [0.717, 1.165) is 49.7 Å². The second kappa shape index (κ2) is 8.41. The molecule has 34 heavy (non-hydrogen) atoms. The molecule has 5 heteroatoms. The van der Waals surface area contributed by atoms with Crippen molar-refractivity contribution >= 4 is 27.7 Å². The number of nitrogens with zero attached hydrogens (tertiary/aromatic N) is 3. The molecule has 0 saturated carbocycles. The van der Waals surface area contributed by atoms with Crippen molar-refractivity contribution in [2.24, 2.45) is 5.10 Å². The zero-order valence-corrected chi connectivity index (χ0v) is 20.2. The maximum Gasteiger partial charge on any atom is 0.157 e. The Bertz CT molecular complexity index is 1570. The molecule has 5 nitrogen and oxygen atoms in total. The standard InChI is InChI=1S/C29H28N4O/c1-18-14-19(2)27-24(32-33-28-22-8-6-7-9-23(22)30-17-31-28)16-25(34-26(27)15-18)20-10-12-21(13-11-20)29(3,4)5/h6-17H,1-5H3,(H,30,31,33)/b32-24+. The fraction of sp³-hybridized carbons (Fsp3) is 0.207. The normalized spacial score (nSPS) is 12.4. The summed E-state index contributed by atoms with van der Waals surface area (Å²) < 4.78 is 6.38. The van der Waals surface area contributed by atoms with E-state index in [2.05, 4.69) is 86.4 Å². The second-order valence-electron chi connectivity index (χ2n) is 9.74. The van der Waals surface area contributed by atoms with Crippen LogP contribution in [-0.2, 0) is 5.41 Å². The average Bonchev–Trinajstić information content (AvgIpc) is 2.81. The lowest BCUT2D eigenvalue weighted by atomic mass is 9.86. The summed E-state index contributed by atoms with van der Waals surface area (Å²) in [5.41, 5.74) is 9.51. The Balaban J connectivity index is 1.67. The topological polar surface area (TPSA) is 63.3 Å². The summed E-state index contributed by atoms with van der Waals surface area (Å²) in [7, 11) is 0. The molecule has 0 amide bonds. The molecular weight excluding hydrogens is 420 g/mol. The number of fused-ring (bicyclic) bond motifs is 2. The molecule has 2 aromatic heterocycles. The molecule has 3 aromatic carbocycles. The highest BCUT2D eigenvalue weighted by atomic mass is 16.3. The fourth-order valence-electron chi connectivity index (χ4n) is 4.25.